The van der Waals surface area contributed by atoms with Crippen molar-refractivity contribution in [2.45, 2.75) is 6.04 Å². The first-order valence-corrected chi connectivity index (χ1v) is 3.79. The molecule has 0 saturated carbocycles. The Morgan fingerprint density at radius 1 is 1.31 bits per heavy atom. The molecule has 3 nitrogen and oxygen atoms in total. The number of benzene rings is 1. The molecular weight excluding hydrogens is 177 g/mol. The molecule has 1 saturated heterocycles. The molecule has 1 aliphatic heterocycles. The van der Waals surface area contributed by atoms with Crippen LogP contribution in [0.25, 0.3) is 5.32 Å². The number of cyclic esters (lactones) is 1. The van der Waals surface area contributed by atoms with Crippen molar-refractivity contribution in [2.24, 2.45) is 0 Å². The third kappa shape index (κ3) is 2.46. The Kier molecular flexibility index (Phi) is 3.78. The van der Waals surface area contributed by atoms with Gasteiger partial charge in [0.25, 0.3) is 0 Å². The van der Waals surface area contributed by atoms with Crippen LogP contribution in [-0.2, 0) is 4.74 Å². The van der Waals surface area contributed by atoms with Gasteiger partial charge >= 0.3 is 29.6 Å². The van der Waals surface area contributed by atoms with E-state index < -0.39 is 6.09 Å². The Morgan fingerprint density at radius 2 is 2.00 bits per heavy atom. The van der Waals surface area contributed by atoms with Crippen LogP contribution in [0.2, 0.25) is 0 Å². The molecule has 0 unspecified atom stereocenters. The van der Waals surface area contributed by atoms with Crippen LogP contribution in [0.1, 0.15) is 11.6 Å². The second-order valence-electron chi connectivity index (χ2n) is 2.63. The fraction of sp³-hybridized carbons (Fsp3) is 0.222. The monoisotopic (exact) mass is 185 g/mol. The van der Waals surface area contributed by atoms with Gasteiger partial charge in [-0.3, -0.25) is 4.79 Å². The van der Waals surface area contributed by atoms with Crippen molar-refractivity contribution in [1.29, 1.82) is 0 Å². The van der Waals surface area contributed by atoms with Crippen LogP contribution in [0.3, 0.4) is 0 Å². The number of hydrogen-bond acceptors (Lipinski definition) is 2. The van der Waals surface area contributed by atoms with Crippen molar-refractivity contribution in [3.8, 4) is 0 Å². The molecule has 0 N–H and O–H groups in total. The maximum atomic E-state index is 10.6. The number of amides is 1. The molecule has 1 aromatic rings. The van der Waals surface area contributed by atoms with Crippen LogP contribution in [0.4, 0.5) is 4.79 Å². The summed E-state index contributed by atoms with van der Waals surface area (Å²) < 4.78 is 4.71. The fourth-order valence-electron chi connectivity index (χ4n) is 1.20. The van der Waals surface area contributed by atoms with Gasteiger partial charge in [0.2, 0.25) is 6.09 Å². The number of nitrogens with zero attached hydrogens (tertiary/aromatic N) is 1. The average molecular weight is 185 g/mol. The van der Waals surface area contributed by atoms with E-state index in [2.05, 4.69) is 5.32 Å². The quantitative estimate of drug-likeness (QED) is 0.540. The molecular formula is C9H8NNaO2. The molecule has 0 aromatic heterocycles. The fourth-order valence-corrected chi connectivity index (χ4v) is 1.20. The summed E-state index contributed by atoms with van der Waals surface area (Å²) >= 11 is 0. The number of carbonyl (C=O) groups excluding carboxylic acids is 1. The third-order valence-corrected chi connectivity index (χ3v) is 1.81. The Balaban J connectivity index is 0.000000845. The second kappa shape index (κ2) is 4.65. The van der Waals surface area contributed by atoms with Crippen LogP contribution in [0.15, 0.2) is 30.3 Å². The van der Waals surface area contributed by atoms with Gasteiger partial charge in [0.1, 0.15) is 0 Å². The maximum absolute atomic E-state index is 10.6. The van der Waals surface area contributed by atoms with Gasteiger partial charge in [0, 0.05) is 0 Å². The molecule has 1 aliphatic rings. The van der Waals surface area contributed by atoms with Gasteiger partial charge in [-0.1, -0.05) is 41.9 Å². The Hall–Kier alpha value is -0.510. The smallest absolute Gasteiger partial charge is 0.608 e. The second-order valence-corrected chi connectivity index (χ2v) is 2.63. The average Bonchev–Trinajstić information content (AvgIpc) is 2.54. The van der Waals surface area contributed by atoms with Crippen molar-refractivity contribution in [3.05, 3.63) is 41.2 Å². The molecule has 1 fully saturated rings. The molecule has 1 amide bonds. The van der Waals surface area contributed by atoms with Crippen molar-refractivity contribution in [3.63, 3.8) is 0 Å². The van der Waals surface area contributed by atoms with Crippen LogP contribution >= 0.6 is 0 Å². The van der Waals surface area contributed by atoms with Gasteiger partial charge in [0.15, 0.2) is 0 Å². The van der Waals surface area contributed by atoms with Gasteiger partial charge in [-0.25, -0.2) is 0 Å². The summed E-state index contributed by atoms with van der Waals surface area (Å²) in [7, 11) is 0. The molecule has 1 atom stereocenters. The summed E-state index contributed by atoms with van der Waals surface area (Å²) in [5, 5.41) is 3.80. The van der Waals surface area contributed by atoms with E-state index in [0.717, 1.165) is 5.56 Å². The number of ether oxygens (including phenoxy) is 1. The maximum Gasteiger partial charge on any atom is 1.00 e. The zero-order chi connectivity index (χ0) is 8.39. The summed E-state index contributed by atoms with van der Waals surface area (Å²) in [4.78, 5) is 10.6. The van der Waals surface area contributed by atoms with Crippen molar-refractivity contribution < 1.29 is 39.1 Å². The molecule has 0 aliphatic carbocycles. The van der Waals surface area contributed by atoms with Gasteiger partial charge in [-0.2, -0.15) is 0 Å². The normalized spacial score (nSPS) is 20.0. The number of carbonyl (C=O) groups is 1. The number of rotatable bonds is 1. The molecule has 1 heterocycles. The largest absolute Gasteiger partial charge is 1.00 e. The van der Waals surface area contributed by atoms with Crippen LogP contribution < -0.4 is 29.6 Å². The van der Waals surface area contributed by atoms with E-state index in [9.17, 15) is 4.79 Å². The van der Waals surface area contributed by atoms with E-state index in [1.807, 2.05) is 30.3 Å². The van der Waals surface area contributed by atoms with Gasteiger partial charge in [-0.15, -0.1) is 0 Å². The Bertz CT molecular complexity index is 289. The van der Waals surface area contributed by atoms with Crippen molar-refractivity contribution in [2.75, 3.05) is 6.61 Å². The zero-order valence-corrected chi connectivity index (χ0v) is 9.43. The van der Waals surface area contributed by atoms with E-state index in [0.29, 0.717) is 6.61 Å². The van der Waals surface area contributed by atoms with Gasteiger partial charge < -0.3 is 10.1 Å². The predicted octanol–water partition coefficient (Wildman–Crippen LogP) is -0.744. The molecule has 2 rings (SSSR count). The summed E-state index contributed by atoms with van der Waals surface area (Å²) in [6.45, 7) is 0.378. The topological polar surface area (TPSA) is 40.4 Å². The third-order valence-electron chi connectivity index (χ3n) is 1.81. The van der Waals surface area contributed by atoms with Crippen LogP contribution in [0, 0.1) is 0 Å². The first kappa shape index (κ1) is 10.6. The zero-order valence-electron chi connectivity index (χ0n) is 7.43. The molecule has 0 spiro atoms. The van der Waals surface area contributed by atoms with Crippen LogP contribution in [-0.4, -0.2) is 12.7 Å². The number of hydrogen-bond donors (Lipinski definition) is 0. The molecule has 0 bridgehead atoms. The Labute approximate surface area is 98.8 Å². The summed E-state index contributed by atoms with van der Waals surface area (Å²) in [6.07, 6.45) is -0.455. The van der Waals surface area contributed by atoms with Crippen molar-refractivity contribution >= 4 is 6.09 Å². The minimum absolute atomic E-state index is 0. The molecule has 4 heteroatoms. The standard InChI is InChI=1S/C9H9NO2.Na/c11-9-10-8(6-12-9)7-4-2-1-3-5-7;/h1-5,8H,6H2,(H,10,11);/q;+1/p-1/t8-;/m1./s1. The molecule has 13 heavy (non-hydrogen) atoms. The minimum atomic E-state index is -0.455. The van der Waals surface area contributed by atoms with E-state index in [1.54, 1.807) is 0 Å². The van der Waals surface area contributed by atoms with E-state index in [1.165, 1.54) is 0 Å². The Morgan fingerprint density at radius 3 is 2.54 bits per heavy atom. The minimum Gasteiger partial charge on any atom is -0.608 e. The SMILES string of the molecule is O=C1[N-][C@@H](c2ccccc2)CO1.[Na+]. The summed E-state index contributed by atoms with van der Waals surface area (Å²) in [5.74, 6) is 0. The summed E-state index contributed by atoms with van der Waals surface area (Å²) in [6, 6.07) is 9.56. The van der Waals surface area contributed by atoms with E-state index in [-0.39, 0.29) is 35.6 Å². The van der Waals surface area contributed by atoms with E-state index >= 15 is 0 Å². The molecule has 0 radical (unpaired) electrons. The summed E-state index contributed by atoms with van der Waals surface area (Å²) in [5.41, 5.74) is 1.03. The first-order valence-electron chi connectivity index (χ1n) is 3.79. The van der Waals surface area contributed by atoms with Gasteiger partial charge in [-0.05, 0) is 0 Å². The first-order chi connectivity index (χ1) is 5.86. The van der Waals surface area contributed by atoms with Gasteiger partial charge in [0.05, 0.1) is 6.61 Å². The molecule has 62 valence electrons. The predicted molar refractivity (Wildman–Crippen MR) is 43.9 cm³/mol. The van der Waals surface area contributed by atoms with Crippen LogP contribution in [0.5, 0.6) is 0 Å². The molecule has 1 aromatic carbocycles. The van der Waals surface area contributed by atoms with E-state index in [4.69, 9.17) is 4.74 Å². The van der Waals surface area contributed by atoms with Crippen molar-refractivity contribution in [1.82, 2.24) is 0 Å².